The maximum Gasteiger partial charge on any atom is 0.251 e. The summed E-state index contributed by atoms with van der Waals surface area (Å²) in [5, 5.41) is 3.00. The van der Waals surface area contributed by atoms with Crippen LogP contribution in [0.2, 0.25) is 0 Å². The molecule has 31 heavy (non-hydrogen) atoms. The van der Waals surface area contributed by atoms with E-state index in [1.54, 1.807) is 0 Å². The van der Waals surface area contributed by atoms with Gasteiger partial charge in [0.1, 0.15) is 11.6 Å². The van der Waals surface area contributed by atoms with Gasteiger partial charge in [-0.25, -0.2) is 4.98 Å². The van der Waals surface area contributed by atoms with Gasteiger partial charge in [-0.15, -0.1) is 0 Å². The average molecular weight is 414 g/mol. The molecule has 0 radical (unpaired) electrons. The van der Waals surface area contributed by atoms with Gasteiger partial charge in [0.25, 0.3) is 5.91 Å². The zero-order valence-corrected chi connectivity index (χ0v) is 17.8. The molecule has 3 aromatic carbocycles. The second-order valence-electron chi connectivity index (χ2n) is 7.56. The van der Waals surface area contributed by atoms with Gasteiger partial charge in [0.2, 0.25) is 0 Å². The average Bonchev–Trinajstić information content (AvgIpc) is 3.14. The van der Waals surface area contributed by atoms with Gasteiger partial charge in [0.15, 0.2) is 0 Å². The van der Waals surface area contributed by atoms with Crippen molar-refractivity contribution in [2.45, 2.75) is 26.3 Å². The Balaban J connectivity index is 1.38. The molecule has 158 valence electrons. The topological polar surface area (TPSA) is 56.1 Å². The number of imidazole rings is 1. The summed E-state index contributed by atoms with van der Waals surface area (Å²) in [5.74, 6) is 1.82. The Morgan fingerprint density at radius 2 is 1.81 bits per heavy atom. The van der Waals surface area contributed by atoms with Crippen molar-refractivity contribution in [3.63, 3.8) is 0 Å². The summed E-state index contributed by atoms with van der Waals surface area (Å²) in [5.41, 5.74) is 3.95. The Morgan fingerprint density at radius 3 is 2.65 bits per heavy atom. The molecule has 4 rings (SSSR count). The molecule has 0 atom stereocenters. The van der Waals surface area contributed by atoms with Gasteiger partial charge < -0.3 is 14.6 Å². The van der Waals surface area contributed by atoms with E-state index in [2.05, 4.69) is 28.9 Å². The third-order valence-corrected chi connectivity index (χ3v) is 5.19. The maximum atomic E-state index is 12.3. The number of rotatable bonds is 9. The number of aromatic nitrogens is 2. The van der Waals surface area contributed by atoms with Crippen LogP contribution >= 0.6 is 0 Å². The highest BCUT2D eigenvalue weighted by Crippen LogP contribution is 2.18. The van der Waals surface area contributed by atoms with Gasteiger partial charge in [-0.1, -0.05) is 42.5 Å². The number of fused-ring (bicyclic) bond motifs is 1. The van der Waals surface area contributed by atoms with Crippen LogP contribution in [0.15, 0.2) is 78.9 Å². The number of hydrogen-bond donors (Lipinski definition) is 1. The number of nitrogens with one attached hydrogen (secondary N) is 1. The van der Waals surface area contributed by atoms with Crippen LogP contribution < -0.4 is 10.1 Å². The van der Waals surface area contributed by atoms with Gasteiger partial charge in [-0.05, 0) is 55.3 Å². The van der Waals surface area contributed by atoms with Crippen LogP contribution in [0.25, 0.3) is 11.0 Å². The summed E-state index contributed by atoms with van der Waals surface area (Å²) in [6.07, 6.45) is 1.55. The maximum absolute atomic E-state index is 12.3. The first-order chi connectivity index (χ1) is 15.2. The number of aryl methyl sites for hydroxylation is 2. The van der Waals surface area contributed by atoms with Crippen LogP contribution in [-0.4, -0.2) is 28.6 Å². The van der Waals surface area contributed by atoms with Gasteiger partial charge >= 0.3 is 0 Å². The number of para-hydroxylation sites is 2. The first-order valence-corrected chi connectivity index (χ1v) is 10.7. The molecule has 0 unspecified atom stereocenters. The largest absolute Gasteiger partial charge is 0.494 e. The number of carbonyl (C=O) groups is 1. The quantitative estimate of drug-likeness (QED) is 0.402. The predicted molar refractivity (Wildman–Crippen MR) is 124 cm³/mol. The minimum absolute atomic E-state index is 0.0604. The van der Waals surface area contributed by atoms with E-state index in [0.29, 0.717) is 25.1 Å². The lowest BCUT2D eigenvalue weighted by Crippen LogP contribution is -2.26. The molecular formula is C26H27N3O2. The van der Waals surface area contributed by atoms with Gasteiger partial charge in [-0.3, -0.25) is 4.79 Å². The molecule has 0 saturated heterocycles. The van der Waals surface area contributed by atoms with Crippen molar-refractivity contribution in [2.24, 2.45) is 0 Å². The normalized spacial score (nSPS) is 10.9. The summed E-state index contributed by atoms with van der Waals surface area (Å²) >= 11 is 0. The van der Waals surface area contributed by atoms with Crippen molar-refractivity contribution in [3.8, 4) is 5.75 Å². The number of carbonyl (C=O) groups excluding carboxylic acids is 1. The van der Waals surface area contributed by atoms with E-state index < -0.39 is 0 Å². The Kier molecular flexibility index (Phi) is 6.62. The fourth-order valence-electron chi connectivity index (χ4n) is 3.66. The fourth-order valence-corrected chi connectivity index (χ4v) is 3.66. The minimum atomic E-state index is -0.0604. The fraction of sp³-hybridized carbons (Fsp3) is 0.231. The molecule has 0 saturated carbocycles. The first kappa shape index (κ1) is 20.7. The first-order valence-electron chi connectivity index (χ1n) is 10.7. The number of amides is 1. The van der Waals surface area contributed by atoms with E-state index in [9.17, 15) is 4.79 Å². The monoisotopic (exact) mass is 413 g/mol. The van der Waals surface area contributed by atoms with E-state index in [4.69, 9.17) is 9.72 Å². The third kappa shape index (κ3) is 5.31. The molecule has 0 aliphatic carbocycles. The van der Waals surface area contributed by atoms with Crippen molar-refractivity contribution < 1.29 is 9.53 Å². The molecule has 1 aromatic heterocycles. The van der Waals surface area contributed by atoms with Crippen molar-refractivity contribution in [3.05, 3.63) is 95.8 Å². The molecular weight excluding hydrogens is 386 g/mol. The summed E-state index contributed by atoms with van der Waals surface area (Å²) in [4.78, 5) is 17.1. The molecule has 0 aliphatic heterocycles. The zero-order valence-electron chi connectivity index (χ0n) is 17.8. The van der Waals surface area contributed by atoms with Crippen molar-refractivity contribution in [2.75, 3.05) is 13.2 Å². The molecule has 1 heterocycles. The molecule has 4 aromatic rings. The van der Waals surface area contributed by atoms with Crippen LogP contribution in [-0.2, 0) is 13.0 Å². The van der Waals surface area contributed by atoms with Crippen molar-refractivity contribution >= 4 is 16.9 Å². The lowest BCUT2D eigenvalue weighted by atomic mass is 10.2. The minimum Gasteiger partial charge on any atom is -0.494 e. The Labute approximate surface area is 182 Å². The van der Waals surface area contributed by atoms with E-state index in [0.717, 1.165) is 35.6 Å². The van der Waals surface area contributed by atoms with Crippen LogP contribution in [0.4, 0.5) is 0 Å². The van der Waals surface area contributed by atoms with Crippen LogP contribution in [0.3, 0.4) is 0 Å². The van der Waals surface area contributed by atoms with Crippen LogP contribution in [0, 0.1) is 6.92 Å². The van der Waals surface area contributed by atoms with Crippen molar-refractivity contribution in [1.82, 2.24) is 14.9 Å². The standard InChI is InChI=1S/C26H27N3O2/c1-20-9-7-12-22(19-20)31-18-8-17-29-24-14-6-5-13-23(24)28-25(29)15-16-27-26(30)21-10-3-2-4-11-21/h2-7,9-14,19H,8,15-18H2,1H3,(H,27,30). The number of ether oxygens (including phenoxy) is 1. The number of benzene rings is 3. The Morgan fingerprint density at radius 1 is 1.00 bits per heavy atom. The SMILES string of the molecule is Cc1cccc(OCCCn2c(CCNC(=O)c3ccccc3)nc3ccccc32)c1. The van der Waals surface area contributed by atoms with Gasteiger partial charge in [-0.2, -0.15) is 0 Å². The molecule has 0 fully saturated rings. The van der Waals surface area contributed by atoms with Gasteiger partial charge in [0, 0.05) is 25.1 Å². The van der Waals surface area contributed by atoms with Crippen LogP contribution in [0.5, 0.6) is 5.75 Å². The van der Waals surface area contributed by atoms with Gasteiger partial charge in [0.05, 0.1) is 17.6 Å². The predicted octanol–water partition coefficient (Wildman–Crippen LogP) is 4.79. The van der Waals surface area contributed by atoms with E-state index in [1.165, 1.54) is 5.56 Å². The van der Waals surface area contributed by atoms with E-state index >= 15 is 0 Å². The summed E-state index contributed by atoms with van der Waals surface area (Å²) in [6.45, 7) is 4.05. The summed E-state index contributed by atoms with van der Waals surface area (Å²) < 4.78 is 8.15. The van der Waals surface area contributed by atoms with E-state index in [1.807, 2.05) is 66.7 Å². The zero-order chi connectivity index (χ0) is 21.5. The molecule has 0 bridgehead atoms. The highest BCUT2D eigenvalue weighted by molar-refractivity contribution is 5.94. The molecule has 1 amide bonds. The second-order valence-corrected chi connectivity index (χ2v) is 7.56. The highest BCUT2D eigenvalue weighted by atomic mass is 16.5. The van der Waals surface area contributed by atoms with E-state index in [-0.39, 0.29) is 5.91 Å². The number of hydrogen-bond acceptors (Lipinski definition) is 3. The molecule has 0 spiro atoms. The molecule has 1 N–H and O–H groups in total. The number of nitrogens with zero attached hydrogens (tertiary/aromatic N) is 2. The Hall–Kier alpha value is -3.60. The lowest BCUT2D eigenvalue weighted by Gasteiger charge is -2.11. The third-order valence-electron chi connectivity index (χ3n) is 5.19. The highest BCUT2D eigenvalue weighted by Gasteiger charge is 2.11. The molecule has 5 nitrogen and oxygen atoms in total. The second kappa shape index (κ2) is 9.94. The van der Waals surface area contributed by atoms with Crippen LogP contribution in [0.1, 0.15) is 28.2 Å². The summed E-state index contributed by atoms with van der Waals surface area (Å²) in [7, 11) is 0. The lowest BCUT2D eigenvalue weighted by molar-refractivity contribution is 0.0954. The molecule has 5 heteroatoms. The molecule has 0 aliphatic rings. The Bertz CT molecular complexity index is 1150. The summed E-state index contributed by atoms with van der Waals surface area (Å²) in [6, 6.07) is 25.5. The smallest absolute Gasteiger partial charge is 0.251 e. The van der Waals surface area contributed by atoms with Crippen molar-refractivity contribution in [1.29, 1.82) is 0 Å².